The Morgan fingerprint density at radius 1 is 1.22 bits per heavy atom. The van der Waals surface area contributed by atoms with E-state index in [9.17, 15) is 4.79 Å². The topological polar surface area (TPSA) is 59.8 Å². The van der Waals surface area contributed by atoms with Gasteiger partial charge < -0.3 is 9.88 Å². The first-order valence-electron chi connectivity index (χ1n) is 10.1. The van der Waals surface area contributed by atoms with Gasteiger partial charge in [-0.05, 0) is 32.3 Å². The van der Waals surface area contributed by atoms with Crippen LogP contribution in [-0.2, 0) is 11.3 Å². The van der Waals surface area contributed by atoms with E-state index in [1.54, 1.807) is 0 Å². The summed E-state index contributed by atoms with van der Waals surface area (Å²) < 4.78 is 2.14. The van der Waals surface area contributed by atoms with Crippen LogP contribution in [0.4, 0.5) is 0 Å². The fraction of sp³-hybridized carbons (Fsp3) is 0.571. The first kappa shape index (κ1) is 19.9. The molecule has 0 bridgehead atoms. The first-order valence-corrected chi connectivity index (χ1v) is 11.1. The molecule has 3 rings (SSSR count). The van der Waals surface area contributed by atoms with Crippen LogP contribution in [-0.4, -0.2) is 32.5 Å². The van der Waals surface area contributed by atoms with Gasteiger partial charge in [-0.25, -0.2) is 0 Å². The van der Waals surface area contributed by atoms with Gasteiger partial charge in [0.05, 0.1) is 5.75 Å². The average molecular weight is 387 g/mol. The number of thioether (sulfide) groups is 1. The highest BCUT2D eigenvalue weighted by Crippen LogP contribution is 2.25. The van der Waals surface area contributed by atoms with Gasteiger partial charge in [-0.1, -0.05) is 68.1 Å². The minimum atomic E-state index is 0.107. The van der Waals surface area contributed by atoms with E-state index in [1.807, 2.05) is 6.07 Å². The number of nitrogens with one attached hydrogen (secondary N) is 1. The molecule has 6 heteroatoms. The molecule has 146 valence electrons. The summed E-state index contributed by atoms with van der Waals surface area (Å²) in [4.78, 5) is 12.4. The van der Waals surface area contributed by atoms with Crippen molar-refractivity contribution in [1.82, 2.24) is 20.1 Å². The molecule has 0 atom stereocenters. The van der Waals surface area contributed by atoms with Crippen molar-refractivity contribution < 1.29 is 4.79 Å². The Bertz CT molecular complexity index is 750. The van der Waals surface area contributed by atoms with Crippen LogP contribution >= 0.6 is 11.8 Å². The van der Waals surface area contributed by atoms with Crippen molar-refractivity contribution in [3.05, 3.63) is 29.8 Å². The second-order valence-corrected chi connectivity index (χ2v) is 8.31. The second kappa shape index (κ2) is 9.93. The van der Waals surface area contributed by atoms with Crippen LogP contribution in [0, 0.1) is 6.92 Å². The lowest BCUT2D eigenvalue weighted by atomic mass is 10.1. The molecule has 1 N–H and O–H groups in total. The fourth-order valence-corrected chi connectivity index (χ4v) is 4.42. The zero-order chi connectivity index (χ0) is 19.1. The van der Waals surface area contributed by atoms with Crippen LogP contribution < -0.4 is 5.32 Å². The standard InChI is InChI=1S/C21H30N4OS/c1-3-13-25-20(17-10-8-9-16(2)14-17)23-24-21(25)27-15-19(26)22-18-11-6-4-5-7-12-18/h8-10,14,18H,3-7,11-13,15H2,1-2H3,(H,22,26). The molecule has 1 aromatic heterocycles. The third-order valence-electron chi connectivity index (χ3n) is 4.99. The van der Waals surface area contributed by atoms with Crippen molar-refractivity contribution in [2.24, 2.45) is 0 Å². The average Bonchev–Trinajstić information content (AvgIpc) is 2.87. The summed E-state index contributed by atoms with van der Waals surface area (Å²) in [5.74, 6) is 1.38. The van der Waals surface area contributed by atoms with Crippen LogP contribution in [0.2, 0.25) is 0 Å². The smallest absolute Gasteiger partial charge is 0.230 e. The van der Waals surface area contributed by atoms with E-state index in [0.29, 0.717) is 11.8 Å². The number of aromatic nitrogens is 3. The summed E-state index contributed by atoms with van der Waals surface area (Å²) in [6, 6.07) is 8.66. The number of benzene rings is 1. The molecule has 0 unspecified atom stereocenters. The molecule has 0 aliphatic heterocycles. The van der Waals surface area contributed by atoms with Gasteiger partial charge in [0.15, 0.2) is 11.0 Å². The highest BCUT2D eigenvalue weighted by molar-refractivity contribution is 7.99. The molecule has 2 aromatic rings. The molecule has 1 saturated carbocycles. The number of hydrogen-bond acceptors (Lipinski definition) is 4. The monoisotopic (exact) mass is 386 g/mol. The van der Waals surface area contributed by atoms with E-state index in [2.05, 4.69) is 52.1 Å². The van der Waals surface area contributed by atoms with Crippen molar-refractivity contribution in [3.63, 3.8) is 0 Å². The van der Waals surface area contributed by atoms with Gasteiger partial charge in [0, 0.05) is 18.2 Å². The molecule has 1 amide bonds. The molecule has 1 aliphatic rings. The number of amides is 1. The van der Waals surface area contributed by atoms with Crippen molar-refractivity contribution in [2.75, 3.05) is 5.75 Å². The molecule has 0 spiro atoms. The molecule has 1 aliphatic carbocycles. The van der Waals surface area contributed by atoms with Crippen LogP contribution in [0.1, 0.15) is 57.4 Å². The Morgan fingerprint density at radius 3 is 2.70 bits per heavy atom. The lowest BCUT2D eigenvalue weighted by molar-refractivity contribution is -0.119. The van der Waals surface area contributed by atoms with Gasteiger partial charge in [0.1, 0.15) is 0 Å². The van der Waals surface area contributed by atoms with Crippen LogP contribution in [0.3, 0.4) is 0 Å². The lowest BCUT2D eigenvalue weighted by Gasteiger charge is -2.16. The molecule has 1 aromatic carbocycles. The van der Waals surface area contributed by atoms with E-state index < -0.39 is 0 Å². The number of nitrogens with zero attached hydrogens (tertiary/aromatic N) is 3. The molecule has 0 saturated heterocycles. The van der Waals surface area contributed by atoms with E-state index >= 15 is 0 Å². The number of carbonyl (C=O) groups is 1. The number of hydrogen-bond donors (Lipinski definition) is 1. The lowest BCUT2D eigenvalue weighted by Crippen LogP contribution is -2.35. The molecule has 27 heavy (non-hydrogen) atoms. The predicted molar refractivity (Wildman–Crippen MR) is 111 cm³/mol. The Kier molecular flexibility index (Phi) is 7.33. The van der Waals surface area contributed by atoms with Gasteiger partial charge in [-0.3, -0.25) is 4.79 Å². The summed E-state index contributed by atoms with van der Waals surface area (Å²) in [7, 11) is 0. The minimum Gasteiger partial charge on any atom is -0.353 e. The quantitative estimate of drug-likeness (QED) is 0.558. The van der Waals surface area contributed by atoms with Crippen LogP contribution in [0.15, 0.2) is 29.4 Å². The molecule has 1 fully saturated rings. The zero-order valence-electron chi connectivity index (χ0n) is 16.4. The molecule has 0 radical (unpaired) electrons. The van der Waals surface area contributed by atoms with Crippen molar-refractivity contribution >= 4 is 17.7 Å². The van der Waals surface area contributed by atoms with Gasteiger partial charge in [0.25, 0.3) is 0 Å². The fourth-order valence-electron chi connectivity index (χ4n) is 3.64. The number of rotatable bonds is 7. The maximum absolute atomic E-state index is 12.4. The van der Waals surface area contributed by atoms with Gasteiger partial charge in [-0.2, -0.15) is 0 Å². The van der Waals surface area contributed by atoms with Gasteiger partial charge in [-0.15, -0.1) is 10.2 Å². The van der Waals surface area contributed by atoms with Crippen LogP contribution in [0.25, 0.3) is 11.4 Å². The van der Waals surface area contributed by atoms with Crippen LogP contribution in [0.5, 0.6) is 0 Å². The normalized spacial score (nSPS) is 15.5. The maximum atomic E-state index is 12.4. The number of aryl methyl sites for hydroxylation is 1. The predicted octanol–water partition coefficient (Wildman–Crippen LogP) is 4.59. The molecule has 5 nitrogen and oxygen atoms in total. The van der Waals surface area contributed by atoms with E-state index in [0.717, 1.165) is 42.4 Å². The zero-order valence-corrected chi connectivity index (χ0v) is 17.2. The molecule has 1 heterocycles. The van der Waals surface area contributed by atoms with E-state index in [-0.39, 0.29) is 5.91 Å². The summed E-state index contributed by atoms with van der Waals surface area (Å²) in [5.41, 5.74) is 2.28. The molecular formula is C21H30N4OS. The number of carbonyl (C=O) groups excluding carboxylic acids is 1. The van der Waals surface area contributed by atoms with E-state index in [1.165, 1.54) is 43.0 Å². The van der Waals surface area contributed by atoms with Crippen molar-refractivity contribution in [3.8, 4) is 11.4 Å². The van der Waals surface area contributed by atoms with Crippen molar-refractivity contribution in [2.45, 2.75) is 76.5 Å². The Labute approximate surface area is 166 Å². The molecular weight excluding hydrogens is 356 g/mol. The highest BCUT2D eigenvalue weighted by atomic mass is 32.2. The SMILES string of the molecule is CCCn1c(SCC(=O)NC2CCCCCC2)nnc1-c1cccc(C)c1. The Morgan fingerprint density at radius 2 is 2.00 bits per heavy atom. The maximum Gasteiger partial charge on any atom is 0.230 e. The second-order valence-electron chi connectivity index (χ2n) is 7.37. The van der Waals surface area contributed by atoms with Crippen molar-refractivity contribution in [1.29, 1.82) is 0 Å². The Hall–Kier alpha value is -1.82. The van der Waals surface area contributed by atoms with E-state index in [4.69, 9.17) is 0 Å². The third kappa shape index (κ3) is 5.58. The largest absolute Gasteiger partial charge is 0.353 e. The third-order valence-corrected chi connectivity index (χ3v) is 5.96. The summed E-state index contributed by atoms with van der Waals surface area (Å²) in [6.07, 6.45) is 8.26. The van der Waals surface area contributed by atoms with Gasteiger partial charge >= 0.3 is 0 Å². The van der Waals surface area contributed by atoms with Gasteiger partial charge in [0.2, 0.25) is 5.91 Å². The minimum absolute atomic E-state index is 0.107. The highest BCUT2D eigenvalue weighted by Gasteiger charge is 2.18. The first-order chi connectivity index (χ1) is 13.2. The summed E-state index contributed by atoms with van der Waals surface area (Å²) in [6.45, 7) is 5.08. The Balaban J connectivity index is 1.65. The summed E-state index contributed by atoms with van der Waals surface area (Å²) >= 11 is 1.49. The summed E-state index contributed by atoms with van der Waals surface area (Å²) in [5, 5.41) is 12.8.